The maximum atomic E-state index is 9.04. The average Bonchev–Trinajstić information content (AvgIpc) is 2.46. The zero-order valence-corrected chi connectivity index (χ0v) is 13.6. The second-order valence-electron chi connectivity index (χ2n) is 4.71. The maximum absolute atomic E-state index is 9.04. The van der Waals surface area contributed by atoms with Crippen molar-refractivity contribution in [2.24, 2.45) is 5.73 Å². The molecule has 0 amide bonds. The van der Waals surface area contributed by atoms with Crippen LogP contribution in [0.3, 0.4) is 0 Å². The lowest BCUT2D eigenvalue weighted by Crippen LogP contribution is -2.24. The second-order valence-corrected chi connectivity index (χ2v) is 5.55. The summed E-state index contributed by atoms with van der Waals surface area (Å²) >= 11 is 12.2. The summed E-state index contributed by atoms with van der Waals surface area (Å²) in [6, 6.07) is 5.12. The predicted molar refractivity (Wildman–Crippen MR) is 90.1 cm³/mol. The first kappa shape index (κ1) is 16.8. The lowest BCUT2D eigenvalue weighted by Gasteiger charge is -2.19. The molecule has 0 spiro atoms. The van der Waals surface area contributed by atoms with Gasteiger partial charge in [-0.3, -0.25) is 0 Å². The number of aromatic nitrogens is 2. The molecule has 0 atom stereocenters. The highest BCUT2D eigenvalue weighted by Gasteiger charge is 2.17. The molecule has 1 aromatic carbocycles. The van der Waals surface area contributed by atoms with Crippen LogP contribution in [0.5, 0.6) is 0 Å². The van der Waals surface area contributed by atoms with Gasteiger partial charge in [0.05, 0.1) is 17.3 Å². The van der Waals surface area contributed by atoms with Gasteiger partial charge in [0, 0.05) is 36.3 Å². The van der Waals surface area contributed by atoms with Crippen molar-refractivity contribution in [3.05, 3.63) is 33.8 Å². The third-order valence-electron chi connectivity index (χ3n) is 3.19. The molecule has 0 saturated heterocycles. The van der Waals surface area contributed by atoms with E-state index in [9.17, 15) is 0 Å². The van der Waals surface area contributed by atoms with Crippen LogP contribution in [0.25, 0.3) is 11.3 Å². The molecule has 0 fully saturated rings. The molecule has 0 unspecified atom stereocenters. The summed E-state index contributed by atoms with van der Waals surface area (Å²) in [6.45, 7) is 0.550. The summed E-state index contributed by atoms with van der Waals surface area (Å²) in [4.78, 5) is 10.4. The lowest BCUT2D eigenvalue weighted by molar-refractivity contribution is 0.303. The van der Waals surface area contributed by atoms with Crippen molar-refractivity contribution >= 4 is 35.0 Å². The van der Waals surface area contributed by atoms with Gasteiger partial charge in [-0.1, -0.05) is 23.2 Å². The van der Waals surface area contributed by atoms with Crippen LogP contribution in [0, 0.1) is 0 Å². The molecule has 8 heteroatoms. The van der Waals surface area contributed by atoms with Crippen molar-refractivity contribution < 1.29 is 5.11 Å². The van der Waals surface area contributed by atoms with E-state index in [1.54, 1.807) is 30.1 Å². The number of hydrogen-bond acceptors (Lipinski definition) is 6. The molecule has 2 rings (SSSR count). The minimum absolute atomic E-state index is 0.0184. The van der Waals surface area contributed by atoms with Crippen molar-refractivity contribution in [2.75, 3.05) is 30.8 Å². The largest absolute Gasteiger partial charge is 0.395 e. The number of halogens is 2. The molecule has 5 N–H and O–H groups in total. The van der Waals surface area contributed by atoms with Crippen molar-refractivity contribution in [2.45, 2.75) is 6.54 Å². The monoisotopic (exact) mass is 341 g/mol. The van der Waals surface area contributed by atoms with Crippen LogP contribution in [0.1, 0.15) is 5.56 Å². The van der Waals surface area contributed by atoms with Crippen molar-refractivity contribution in [3.63, 3.8) is 0 Å². The Labute approximate surface area is 138 Å². The van der Waals surface area contributed by atoms with Crippen LogP contribution >= 0.6 is 23.2 Å². The first-order valence-electron chi connectivity index (χ1n) is 6.61. The van der Waals surface area contributed by atoms with Crippen molar-refractivity contribution in [1.82, 2.24) is 9.97 Å². The Hall–Kier alpha value is -1.60. The van der Waals surface area contributed by atoms with Crippen LogP contribution in [0.4, 0.5) is 11.8 Å². The van der Waals surface area contributed by atoms with E-state index in [0.29, 0.717) is 45.2 Å². The van der Waals surface area contributed by atoms with Gasteiger partial charge in [0.1, 0.15) is 5.82 Å². The first-order valence-corrected chi connectivity index (χ1v) is 7.37. The van der Waals surface area contributed by atoms with E-state index < -0.39 is 0 Å². The minimum Gasteiger partial charge on any atom is -0.395 e. The van der Waals surface area contributed by atoms with E-state index in [1.807, 2.05) is 0 Å². The molecule has 0 radical (unpaired) electrons. The van der Waals surface area contributed by atoms with Gasteiger partial charge in [0.15, 0.2) is 0 Å². The van der Waals surface area contributed by atoms with E-state index in [1.165, 1.54) is 0 Å². The topological polar surface area (TPSA) is 101 Å². The molecule has 0 aliphatic rings. The fraction of sp³-hybridized carbons (Fsp3) is 0.286. The summed E-state index contributed by atoms with van der Waals surface area (Å²) in [5.74, 6) is 0.683. The van der Waals surface area contributed by atoms with Crippen LogP contribution < -0.4 is 16.4 Å². The Morgan fingerprint density at radius 3 is 2.59 bits per heavy atom. The fourth-order valence-corrected chi connectivity index (χ4v) is 2.51. The number of aliphatic hydroxyl groups excluding tert-OH is 1. The Morgan fingerprint density at radius 1 is 1.27 bits per heavy atom. The first-order chi connectivity index (χ1) is 10.5. The smallest absolute Gasteiger partial charge is 0.227 e. The number of aliphatic hydroxyl groups is 1. The summed E-state index contributed by atoms with van der Waals surface area (Å²) in [6.07, 6.45) is 0. The summed E-state index contributed by atoms with van der Waals surface area (Å²) < 4.78 is 0. The van der Waals surface area contributed by atoms with E-state index in [-0.39, 0.29) is 13.2 Å². The van der Waals surface area contributed by atoms with Gasteiger partial charge in [-0.2, -0.15) is 4.98 Å². The van der Waals surface area contributed by atoms with Gasteiger partial charge in [0.25, 0.3) is 0 Å². The molecular weight excluding hydrogens is 325 g/mol. The molecular formula is C14H17Cl2N5O. The Bertz CT molecular complexity index is 681. The number of nitrogen functional groups attached to an aromatic ring is 1. The molecule has 0 aliphatic heterocycles. The van der Waals surface area contributed by atoms with Crippen molar-refractivity contribution in [1.29, 1.82) is 0 Å². The molecule has 1 aromatic heterocycles. The highest BCUT2D eigenvalue weighted by molar-refractivity contribution is 6.36. The summed E-state index contributed by atoms with van der Waals surface area (Å²) in [7, 11) is 1.76. The lowest BCUT2D eigenvalue weighted by atomic mass is 10.1. The standard InChI is InChI=1S/C14H17Cl2N5O/c1-21(4-5-22)14-19-12(10(7-17)13(18)20-14)9-3-2-8(15)6-11(9)16/h2-3,6,22H,4-5,7,17H2,1H3,(H2,18,19,20). The van der Waals surface area contributed by atoms with E-state index in [4.69, 9.17) is 39.8 Å². The van der Waals surface area contributed by atoms with Gasteiger partial charge >= 0.3 is 0 Å². The van der Waals surface area contributed by atoms with Gasteiger partial charge in [0.2, 0.25) is 5.95 Å². The number of likely N-dealkylation sites (N-methyl/N-ethyl adjacent to an activating group) is 1. The fourth-order valence-electron chi connectivity index (χ4n) is 2.02. The SMILES string of the molecule is CN(CCO)c1nc(N)c(CN)c(-c2ccc(Cl)cc2Cl)n1. The van der Waals surface area contributed by atoms with Crippen LogP contribution in [-0.2, 0) is 6.54 Å². The third-order valence-corrected chi connectivity index (χ3v) is 3.74. The highest BCUT2D eigenvalue weighted by Crippen LogP contribution is 2.33. The van der Waals surface area contributed by atoms with Gasteiger partial charge < -0.3 is 21.5 Å². The van der Waals surface area contributed by atoms with E-state index in [0.717, 1.165) is 0 Å². The number of rotatable bonds is 5. The zero-order valence-electron chi connectivity index (χ0n) is 12.1. The quantitative estimate of drug-likeness (QED) is 0.767. The molecule has 1 heterocycles. The Kier molecular flexibility index (Phi) is 5.42. The molecule has 0 aliphatic carbocycles. The molecule has 2 aromatic rings. The molecule has 22 heavy (non-hydrogen) atoms. The number of anilines is 2. The summed E-state index contributed by atoms with van der Waals surface area (Å²) in [5.41, 5.74) is 13.6. The average molecular weight is 342 g/mol. The van der Waals surface area contributed by atoms with Crippen LogP contribution in [0.2, 0.25) is 10.0 Å². The molecule has 118 valence electrons. The van der Waals surface area contributed by atoms with Crippen molar-refractivity contribution in [3.8, 4) is 11.3 Å². The number of hydrogen-bond donors (Lipinski definition) is 3. The van der Waals surface area contributed by atoms with E-state index in [2.05, 4.69) is 9.97 Å². The number of nitrogens with two attached hydrogens (primary N) is 2. The predicted octanol–water partition coefficient (Wildman–Crippen LogP) is 1.92. The molecule has 6 nitrogen and oxygen atoms in total. The molecule has 0 bridgehead atoms. The zero-order chi connectivity index (χ0) is 16.3. The normalized spacial score (nSPS) is 10.8. The molecule has 0 saturated carbocycles. The summed E-state index contributed by atoms with van der Waals surface area (Å²) in [5, 5.41) is 10.0. The van der Waals surface area contributed by atoms with Gasteiger partial charge in [-0.05, 0) is 18.2 Å². The van der Waals surface area contributed by atoms with Gasteiger partial charge in [-0.25, -0.2) is 4.98 Å². The van der Waals surface area contributed by atoms with E-state index >= 15 is 0 Å². The van der Waals surface area contributed by atoms with Crippen LogP contribution in [-0.4, -0.2) is 35.3 Å². The van der Waals surface area contributed by atoms with Gasteiger partial charge in [-0.15, -0.1) is 0 Å². The maximum Gasteiger partial charge on any atom is 0.227 e. The van der Waals surface area contributed by atoms with Crippen LogP contribution in [0.15, 0.2) is 18.2 Å². The second kappa shape index (κ2) is 7.11. The number of nitrogens with zero attached hydrogens (tertiary/aromatic N) is 3. The Balaban J connectivity index is 2.61. The minimum atomic E-state index is -0.0184. The highest BCUT2D eigenvalue weighted by atomic mass is 35.5. The Morgan fingerprint density at radius 2 is 2.00 bits per heavy atom. The number of benzene rings is 1. The third kappa shape index (κ3) is 3.41.